The van der Waals surface area contributed by atoms with Gasteiger partial charge in [-0.1, -0.05) is 18.2 Å². The fourth-order valence-corrected chi connectivity index (χ4v) is 1.26. The number of rotatable bonds is 3. The van der Waals surface area contributed by atoms with Gasteiger partial charge in [0.15, 0.2) is 0 Å². The molecule has 0 amide bonds. The summed E-state index contributed by atoms with van der Waals surface area (Å²) in [5.41, 5.74) is 6.20. The van der Waals surface area contributed by atoms with Crippen molar-refractivity contribution < 1.29 is 9.84 Å². The van der Waals surface area contributed by atoms with Crippen LogP contribution in [0.25, 0.3) is 0 Å². The van der Waals surface area contributed by atoms with Crippen LogP contribution in [0.2, 0.25) is 0 Å². The lowest BCUT2D eigenvalue weighted by Crippen LogP contribution is -1.96. The largest absolute Gasteiger partial charge is 0.438 e. The molecule has 0 bridgehead atoms. The minimum absolute atomic E-state index is 0.0866. The molecule has 16 heavy (non-hydrogen) atoms. The Labute approximate surface area is 92.5 Å². The maximum Gasteiger partial charge on any atom is 0.224 e. The summed E-state index contributed by atoms with van der Waals surface area (Å²) in [6.07, 6.45) is 1.33. The lowest BCUT2D eigenvalue weighted by molar-refractivity contribution is 0.276. The van der Waals surface area contributed by atoms with Gasteiger partial charge in [0, 0.05) is 11.6 Å². The quantitative estimate of drug-likeness (QED) is 0.810. The first kappa shape index (κ1) is 10.4. The third-order valence-electron chi connectivity index (χ3n) is 2.02. The summed E-state index contributed by atoms with van der Waals surface area (Å²) in [6, 6.07) is 8.70. The van der Waals surface area contributed by atoms with Crippen molar-refractivity contribution in [1.29, 1.82) is 0 Å². The zero-order valence-corrected chi connectivity index (χ0v) is 8.50. The number of benzene rings is 1. The molecule has 0 saturated carbocycles. The van der Waals surface area contributed by atoms with Gasteiger partial charge in [-0.05, 0) is 6.07 Å². The predicted molar refractivity (Wildman–Crippen MR) is 58.9 cm³/mol. The highest BCUT2D eigenvalue weighted by Gasteiger charge is 2.04. The van der Waals surface area contributed by atoms with Crippen molar-refractivity contribution in [2.75, 3.05) is 5.73 Å². The van der Waals surface area contributed by atoms with Gasteiger partial charge in [-0.25, -0.2) is 9.97 Å². The van der Waals surface area contributed by atoms with Crippen LogP contribution in [0.5, 0.6) is 11.6 Å². The Kier molecular flexibility index (Phi) is 2.98. The number of ether oxygens (including phenoxy) is 1. The predicted octanol–water partition coefficient (Wildman–Crippen LogP) is 1.34. The number of nitrogen functional groups attached to an aromatic ring is 1. The molecule has 0 atom stereocenters. The molecule has 2 rings (SSSR count). The van der Waals surface area contributed by atoms with Crippen LogP contribution < -0.4 is 10.5 Å². The molecule has 0 radical (unpaired) electrons. The van der Waals surface area contributed by atoms with Gasteiger partial charge >= 0.3 is 0 Å². The average molecular weight is 217 g/mol. The fraction of sp³-hybridized carbons (Fsp3) is 0.0909. The van der Waals surface area contributed by atoms with E-state index in [9.17, 15) is 0 Å². The monoisotopic (exact) mass is 217 g/mol. The molecule has 5 heteroatoms. The Hall–Kier alpha value is -2.14. The van der Waals surface area contributed by atoms with E-state index in [1.54, 1.807) is 12.1 Å². The average Bonchev–Trinajstić information content (AvgIpc) is 2.30. The molecule has 1 aromatic carbocycles. The van der Waals surface area contributed by atoms with E-state index in [0.29, 0.717) is 23.0 Å². The highest BCUT2D eigenvalue weighted by molar-refractivity contribution is 5.38. The highest BCUT2D eigenvalue weighted by Crippen LogP contribution is 2.23. The maximum absolute atomic E-state index is 9.11. The first-order valence-corrected chi connectivity index (χ1v) is 4.74. The first-order chi connectivity index (χ1) is 7.79. The summed E-state index contributed by atoms with van der Waals surface area (Å²) in [5, 5.41) is 9.11. The van der Waals surface area contributed by atoms with Crippen molar-refractivity contribution in [3.05, 3.63) is 42.2 Å². The van der Waals surface area contributed by atoms with Gasteiger partial charge in [-0.3, -0.25) is 0 Å². The number of para-hydroxylation sites is 1. The van der Waals surface area contributed by atoms with E-state index in [4.69, 9.17) is 15.6 Å². The van der Waals surface area contributed by atoms with Gasteiger partial charge in [0.2, 0.25) is 5.88 Å². The highest BCUT2D eigenvalue weighted by atomic mass is 16.5. The molecule has 0 aliphatic rings. The van der Waals surface area contributed by atoms with Crippen molar-refractivity contribution >= 4 is 5.82 Å². The number of nitrogens with zero attached hydrogens (tertiary/aromatic N) is 2. The summed E-state index contributed by atoms with van der Waals surface area (Å²) in [5.74, 6) is 1.25. The van der Waals surface area contributed by atoms with E-state index in [-0.39, 0.29) is 6.61 Å². The van der Waals surface area contributed by atoms with E-state index in [0.717, 1.165) is 0 Å². The molecule has 0 aliphatic carbocycles. The minimum Gasteiger partial charge on any atom is -0.438 e. The molecule has 3 N–H and O–H groups in total. The number of aliphatic hydroxyl groups is 1. The smallest absolute Gasteiger partial charge is 0.224 e. The molecule has 1 aromatic heterocycles. The second-order valence-electron chi connectivity index (χ2n) is 3.15. The Morgan fingerprint density at radius 2 is 2.06 bits per heavy atom. The van der Waals surface area contributed by atoms with Crippen LogP contribution in [-0.4, -0.2) is 15.1 Å². The number of nitrogens with two attached hydrogens (primary N) is 1. The number of hydrogen-bond donors (Lipinski definition) is 2. The third kappa shape index (κ3) is 2.26. The Bertz CT molecular complexity index is 488. The van der Waals surface area contributed by atoms with Crippen LogP contribution in [0.3, 0.4) is 0 Å². The molecule has 5 nitrogen and oxygen atoms in total. The van der Waals surface area contributed by atoms with Crippen LogP contribution in [0.1, 0.15) is 5.56 Å². The van der Waals surface area contributed by atoms with Crippen molar-refractivity contribution in [3.8, 4) is 11.6 Å². The molecule has 1 heterocycles. The molecule has 82 valence electrons. The number of aliphatic hydroxyl groups excluding tert-OH is 1. The molecule has 0 unspecified atom stereocenters. The van der Waals surface area contributed by atoms with E-state index in [2.05, 4.69) is 9.97 Å². The Morgan fingerprint density at radius 3 is 2.81 bits per heavy atom. The van der Waals surface area contributed by atoms with Gasteiger partial charge in [0.05, 0.1) is 6.61 Å². The van der Waals surface area contributed by atoms with Crippen molar-refractivity contribution in [1.82, 2.24) is 9.97 Å². The summed E-state index contributed by atoms with van der Waals surface area (Å²) in [4.78, 5) is 7.68. The topological polar surface area (TPSA) is 81.3 Å². The molecule has 0 saturated heterocycles. The van der Waals surface area contributed by atoms with E-state index < -0.39 is 0 Å². The molecule has 0 spiro atoms. The van der Waals surface area contributed by atoms with Crippen LogP contribution >= 0.6 is 0 Å². The normalized spacial score (nSPS) is 10.1. The molecule has 0 fully saturated rings. The zero-order chi connectivity index (χ0) is 11.4. The maximum atomic E-state index is 9.11. The lowest BCUT2D eigenvalue weighted by atomic mass is 10.2. The summed E-state index contributed by atoms with van der Waals surface area (Å²) in [7, 11) is 0. The molecular formula is C11H11N3O2. The third-order valence-corrected chi connectivity index (χ3v) is 2.02. The second-order valence-corrected chi connectivity index (χ2v) is 3.15. The van der Waals surface area contributed by atoms with Gasteiger partial charge in [0.25, 0.3) is 0 Å². The second kappa shape index (κ2) is 4.59. The molecule has 2 aromatic rings. The summed E-state index contributed by atoms with van der Waals surface area (Å²) >= 11 is 0. The van der Waals surface area contributed by atoms with Crippen LogP contribution in [0.15, 0.2) is 36.7 Å². The van der Waals surface area contributed by atoms with Crippen molar-refractivity contribution in [2.45, 2.75) is 6.61 Å². The number of aromatic nitrogens is 2. The summed E-state index contributed by atoms with van der Waals surface area (Å²) < 4.78 is 5.49. The minimum atomic E-state index is -0.0866. The van der Waals surface area contributed by atoms with Crippen LogP contribution in [0, 0.1) is 0 Å². The summed E-state index contributed by atoms with van der Waals surface area (Å²) in [6.45, 7) is -0.0866. The first-order valence-electron chi connectivity index (χ1n) is 4.74. The molecular weight excluding hydrogens is 206 g/mol. The van der Waals surface area contributed by atoms with Gasteiger partial charge in [0.1, 0.15) is 17.9 Å². The fourth-order valence-electron chi connectivity index (χ4n) is 1.26. The Balaban J connectivity index is 2.26. The van der Waals surface area contributed by atoms with Gasteiger partial charge in [-0.2, -0.15) is 0 Å². The molecule has 0 aliphatic heterocycles. The SMILES string of the molecule is Nc1cc(Oc2ccccc2CO)ncn1. The van der Waals surface area contributed by atoms with E-state index >= 15 is 0 Å². The zero-order valence-electron chi connectivity index (χ0n) is 8.50. The Morgan fingerprint density at radius 1 is 1.25 bits per heavy atom. The number of hydrogen-bond acceptors (Lipinski definition) is 5. The van der Waals surface area contributed by atoms with Crippen molar-refractivity contribution in [2.24, 2.45) is 0 Å². The van der Waals surface area contributed by atoms with Gasteiger partial charge in [-0.15, -0.1) is 0 Å². The lowest BCUT2D eigenvalue weighted by Gasteiger charge is -2.08. The van der Waals surface area contributed by atoms with Crippen LogP contribution in [0.4, 0.5) is 5.82 Å². The number of anilines is 1. The van der Waals surface area contributed by atoms with Crippen LogP contribution in [-0.2, 0) is 6.61 Å². The standard InChI is InChI=1S/C11H11N3O2/c12-10-5-11(14-7-13-10)16-9-4-2-1-3-8(9)6-15/h1-5,7,15H,6H2,(H2,12,13,14). The van der Waals surface area contributed by atoms with E-state index in [1.165, 1.54) is 12.4 Å². The van der Waals surface area contributed by atoms with Crippen molar-refractivity contribution in [3.63, 3.8) is 0 Å². The van der Waals surface area contributed by atoms with E-state index in [1.807, 2.05) is 12.1 Å². The van der Waals surface area contributed by atoms with Gasteiger partial charge < -0.3 is 15.6 Å².